The van der Waals surface area contributed by atoms with Gasteiger partial charge in [-0.1, -0.05) is 36.4 Å². The van der Waals surface area contributed by atoms with Gasteiger partial charge in [-0.05, 0) is 65.2 Å². The summed E-state index contributed by atoms with van der Waals surface area (Å²) in [5.74, 6) is 0.422. The molecule has 4 rings (SSSR count). The van der Waals surface area contributed by atoms with Crippen LogP contribution in [-0.4, -0.2) is 18.9 Å². The molecule has 0 saturated heterocycles. The van der Waals surface area contributed by atoms with E-state index in [-0.39, 0.29) is 23.5 Å². The Kier molecular flexibility index (Phi) is 6.22. The van der Waals surface area contributed by atoms with Gasteiger partial charge in [-0.15, -0.1) is 0 Å². The van der Waals surface area contributed by atoms with Crippen LogP contribution in [-0.2, 0) is 11.3 Å². The number of rotatable bonds is 7. The summed E-state index contributed by atoms with van der Waals surface area (Å²) in [4.78, 5) is 24.7. The average Bonchev–Trinajstić information content (AvgIpc) is 3.37. The summed E-state index contributed by atoms with van der Waals surface area (Å²) in [6.45, 7) is 2.30. The first-order valence-corrected chi connectivity index (χ1v) is 10.3. The predicted molar refractivity (Wildman–Crippen MR) is 124 cm³/mol. The van der Waals surface area contributed by atoms with E-state index >= 15 is 0 Å². The fourth-order valence-electron chi connectivity index (χ4n) is 3.44. The number of carbonyl (C=O) groups is 2. The highest BCUT2D eigenvalue weighted by molar-refractivity contribution is 6.02. The van der Waals surface area contributed by atoms with E-state index in [0.29, 0.717) is 12.2 Å². The van der Waals surface area contributed by atoms with Crippen LogP contribution in [0.1, 0.15) is 34.5 Å². The van der Waals surface area contributed by atoms with E-state index in [2.05, 4.69) is 10.6 Å². The number of furan rings is 1. The maximum Gasteiger partial charge on any atom is 0.291 e. The molecule has 0 spiro atoms. The third-order valence-electron chi connectivity index (χ3n) is 5.39. The second kappa shape index (κ2) is 9.39. The van der Waals surface area contributed by atoms with Gasteiger partial charge in [0.15, 0.2) is 5.76 Å². The Morgan fingerprint density at radius 1 is 0.969 bits per heavy atom. The first kappa shape index (κ1) is 21.2. The minimum absolute atomic E-state index is 0.0481. The minimum atomic E-state index is -0.307. The maximum absolute atomic E-state index is 12.7. The molecule has 32 heavy (non-hydrogen) atoms. The van der Waals surface area contributed by atoms with E-state index in [1.807, 2.05) is 55.5 Å². The van der Waals surface area contributed by atoms with E-state index in [9.17, 15) is 9.59 Å². The molecule has 1 atom stereocenters. The topological polar surface area (TPSA) is 80.6 Å². The molecule has 1 heterocycles. The highest BCUT2D eigenvalue weighted by Crippen LogP contribution is 2.25. The van der Waals surface area contributed by atoms with Gasteiger partial charge in [0.2, 0.25) is 5.91 Å². The molecule has 3 aromatic carbocycles. The number of benzene rings is 3. The molecule has 0 saturated carbocycles. The molecule has 0 radical (unpaired) electrons. The van der Waals surface area contributed by atoms with Crippen molar-refractivity contribution < 1.29 is 18.7 Å². The third-order valence-corrected chi connectivity index (χ3v) is 5.39. The highest BCUT2D eigenvalue weighted by Gasteiger charge is 2.15. The average molecular weight is 428 g/mol. The summed E-state index contributed by atoms with van der Waals surface area (Å²) in [5, 5.41) is 7.89. The Labute approximate surface area is 186 Å². The summed E-state index contributed by atoms with van der Waals surface area (Å²) in [6.07, 6.45) is 1.46. The van der Waals surface area contributed by atoms with E-state index in [1.165, 1.54) is 6.26 Å². The molecule has 0 aliphatic heterocycles. The molecule has 0 bridgehead atoms. The molecule has 0 aliphatic rings. The van der Waals surface area contributed by atoms with Crippen LogP contribution in [0.5, 0.6) is 5.75 Å². The number of amides is 2. The largest absolute Gasteiger partial charge is 0.497 e. The van der Waals surface area contributed by atoms with Gasteiger partial charge in [0.25, 0.3) is 5.91 Å². The maximum atomic E-state index is 12.7. The zero-order chi connectivity index (χ0) is 22.5. The monoisotopic (exact) mass is 428 g/mol. The number of anilines is 1. The number of hydrogen-bond donors (Lipinski definition) is 2. The predicted octanol–water partition coefficient (Wildman–Crippen LogP) is 5.11. The lowest BCUT2D eigenvalue weighted by Gasteiger charge is -2.14. The smallest absolute Gasteiger partial charge is 0.291 e. The van der Waals surface area contributed by atoms with Gasteiger partial charge in [0.1, 0.15) is 5.75 Å². The zero-order valence-electron chi connectivity index (χ0n) is 17.9. The molecule has 1 aromatic heterocycles. The molecule has 2 N–H and O–H groups in total. The van der Waals surface area contributed by atoms with Gasteiger partial charge in [-0.2, -0.15) is 0 Å². The van der Waals surface area contributed by atoms with E-state index in [4.69, 9.17) is 9.15 Å². The van der Waals surface area contributed by atoms with E-state index < -0.39 is 0 Å². The number of carbonyl (C=O) groups excluding carboxylic acids is 2. The molecule has 0 aliphatic carbocycles. The van der Waals surface area contributed by atoms with Crippen molar-refractivity contribution in [3.05, 3.63) is 95.9 Å². The first-order chi connectivity index (χ1) is 15.5. The van der Waals surface area contributed by atoms with Crippen molar-refractivity contribution in [1.29, 1.82) is 0 Å². The molecule has 2 amide bonds. The van der Waals surface area contributed by atoms with Crippen LogP contribution in [0.3, 0.4) is 0 Å². The summed E-state index contributed by atoms with van der Waals surface area (Å²) in [6, 6.07) is 22.5. The molecule has 4 aromatic rings. The highest BCUT2D eigenvalue weighted by atomic mass is 16.5. The van der Waals surface area contributed by atoms with Crippen LogP contribution < -0.4 is 15.4 Å². The van der Waals surface area contributed by atoms with Crippen molar-refractivity contribution in [2.45, 2.75) is 19.4 Å². The van der Waals surface area contributed by atoms with Crippen LogP contribution in [0.15, 0.2) is 83.5 Å². The molecular formula is C26H24N2O4. The van der Waals surface area contributed by atoms with Crippen molar-refractivity contribution in [3.8, 4) is 5.75 Å². The van der Waals surface area contributed by atoms with Crippen molar-refractivity contribution in [3.63, 3.8) is 0 Å². The lowest BCUT2D eigenvalue weighted by Crippen LogP contribution is -2.27. The first-order valence-electron chi connectivity index (χ1n) is 10.3. The standard InChI is InChI=1S/C26H24N2O4/c1-17(19-7-8-21-15-23(31-2)12-9-20(21)14-19)25(29)27-16-18-5-10-22(11-6-18)28-26(30)24-4-3-13-32-24/h3-15,17H,16H2,1-2H3,(H,27,29)(H,28,30)/t17-/m0/s1. The van der Waals surface area contributed by atoms with E-state index in [0.717, 1.165) is 27.6 Å². The van der Waals surface area contributed by atoms with Crippen LogP contribution in [0.25, 0.3) is 10.8 Å². The fourth-order valence-corrected chi connectivity index (χ4v) is 3.44. The summed E-state index contributed by atoms with van der Waals surface area (Å²) in [5.41, 5.74) is 2.55. The van der Waals surface area contributed by atoms with Crippen LogP contribution in [0, 0.1) is 0 Å². The number of ether oxygens (including phenoxy) is 1. The third kappa shape index (κ3) is 4.81. The van der Waals surface area contributed by atoms with Crippen molar-refractivity contribution in [2.24, 2.45) is 0 Å². The normalized spacial score (nSPS) is 11.7. The fraction of sp³-hybridized carbons (Fsp3) is 0.154. The summed E-state index contributed by atoms with van der Waals surface area (Å²) < 4.78 is 10.4. The lowest BCUT2D eigenvalue weighted by atomic mass is 9.97. The summed E-state index contributed by atoms with van der Waals surface area (Å²) in [7, 11) is 1.65. The second-order valence-electron chi connectivity index (χ2n) is 7.54. The van der Waals surface area contributed by atoms with Crippen molar-refractivity contribution in [2.75, 3.05) is 12.4 Å². The van der Waals surface area contributed by atoms with Gasteiger partial charge in [0.05, 0.1) is 19.3 Å². The molecule has 0 fully saturated rings. The Balaban J connectivity index is 1.34. The van der Waals surface area contributed by atoms with Gasteiger partial charge in [-0.25, -0.2) is 0 Å². The van der Waals surface area contributed by atoms with Crippen LogP contribution >= 0.6 is 0 Å². The SMILES string of the molecule is COc1ccc2cc([C@H](C)C(=O)NCc3ccc(NC(=O)c4ccco4)cc3)ccc2c1. The molecule has 162 valence electrons. The Morgan fingerprint density at radius 3 is 2.44 bits per heavy atom. The molecule has 6 heteroatoms. The number of methoxy groups -OCH3 is 1. The summed E-state index contributed by atoms with van der Waals surface area (Å²) >= 11 is 0. The van der Waals surface area contributed by atoms with Crippen LogP contribution in [0.4, 0.5) is 5.69 Å². The molecule has 6 nitrogen and oxygen atoms in total. The van der Waals surface area contributed by atoms with Gasteiger partial charge in [-0.3, -0.25) is 9.59 Å². The van der Waals surface area contributed by atoms with E-state index in [1.54, 1.807) is 31.4 Å². The number of hydrogen-bond acceptors (Lipinski definition) is 4. The quantitative estimate of drug-likeness (QED) is 0.428. The number of nitrogens with one attached hydrogen (secondary N) is 2. The second-order valence-corrected chi connectivity index (χ2v) is 7.54. The molecule has 0 unspecified atom stereocenters. The van der Waals surface area contributed by atoms with Crippen LogP contribution in [0.2, 0.25) is 0 Å². The molecular weight excluding hydrogens is 404 g/mol. The van der Waals surface area contributed by atoms with Gasteiger partial charge >= 0.3 is 0 Å². The van der Waals surface area contributed by atoms with Gasteiger partial charge < -0.3 is 19.8 Å². The lowest BCUT2D eigenvalue weighted by molar-refractivity contribution is -0.122. The number of fused-ring (bicyclic) bond motifs is 1. The van der Waals surface area contributed by atoms with Crippen molar-refractivity contribution >= 4 is 28.3 Å². The Morgan fingerprint density at radius 2 is 1.72 bits per heavy atom. The minimum Gasteiger partial charge on any atom is -0.497 e. The zero-order valence-corrected chi connectivity index (χ0v) is 17.9. The Bertz CT molecular complexity index is 1230. The van der Waals surface area contributed by atoms with Crippen molar-refractivity contribution in [1.82, 2.24) is 5.32 Å². The van der Waals surface area contributed by atoms with Gasteiger partial charge in [0, 0.05) is 12.2 Å². The Hall–Kier alpha value is -4.06.